The van der Waals surface area contributed by atoms with Crippen molar-refractivity contribution in [2.24, 2.45) is 5.10 Å². The van der Waals surface area contributed by atoms with Crippen molar-refractivity contribution in [1.29, 1.82) is 0 Å². The number of benzene rings is 2. The van der Waals surface area contributed by atoms with E-state index >= 15 is 0 Å². The summed E-state index contributed by atoms with van der Waals surface area (Å²) in [7, 11) is 0. The number of nitrogen functional groups attached to an aromatic ring is 1. The van der Waals surface area contributed by atoms with Crippen LogP contribution in [0.25, 0.3) is 0 Å². The van der Waals surface area contributed by atoms with Crippen LogP contribution in [0.15, 0.2) is 53.6 Å². The minimum atomic E-state index is -0.303. The molecule has 0 fully saturated rings. The minimum absolute atomic E-state index is 0.187. The summed E-state index contributed by atoms with van der Waals surface area (Å²) in [6.45, 7) is 1.77. The molecule has 102 valence electrons. The average Bonchev–Trinajstić information content (AvgIpc) is 2.46. The summed E-state index contributed by atoms with van der Waals surface area (Å²) in [5.74, 6) is -0.115. The van der Waals surface area contributed by atoms with E-state index in [4.69, 9.17) is 5.73 Å². The Kier molecular flexibility index (Phi) is 4.00. The van der Waals surface area contributed by atoms with Gasteiger partial charge in [-0.3, -0.25) is 4.79 Å². The standard InChI is InChI=1S/C15H15N3O2/c1-10(11-4-8-14(19)9-5-11)17-18-15(20)12-2-6-13(16)7-3-12/h2-9,19H,16H2,1H3,(H,18,20)/b17-10+. The van der Waals surface area contributed by atoms with Gasteiger partial charge in [0.2, 0.25) is 0 Å². The second-order valence-electron chi connectivity index (χ2n) is 4.31. The quantitative estimate of drug-likeness (QED) is 0.453. The van der Waals surface area contributed by atoms with E-state index in [1.807, 2.05) is 0 Å². The molecule has 4 N–H and O–H groups in total. The van der Waals surface area contributed by atoms with Gasteiger partial charge >= 0.3 is 0 Å². The Hall–Kier alpha value is -2.82. The van der Waals surface area contributed by atoms with Crippen LogP contribution in [0.2, 0.25) is 0 Å². The first-order chi connectivity index (χ1) is 9.56. The van der Waals surface area contributed by atoms with Crippen molar-refractivity contribution in [2.45, 2.75) is 6.92 Å². The van der Waals surface area contributed by atoms with E-state index in [1.165, 1.54) is 0 Å². The first-order valence-corrected chi connectivity index (χ1v) is 6.06. The maximum atomic E-state index is 11.8. The normalized spacial score (nSPS) is 11.2. The number of anilines is 1. The van der Waals surface area contributed by atoms with Crippen molar-refractivity contribution in [3.8, 4) is 5.75 Å². The fraction of sp³-hybridized carbons (Fsp3) is 0.0667. The van der Waals surface area contributed by atoms with E-state index in [9.17, 15) is 9.90 Å². The Morgan fingerprint density at radius 1 is 1.05 bits per heavy atom. The average molecular weight is 269 g/mol. The number of hydrazone groups is 1. The van der Waals surface area contributed by atoms with Gasteiger partial charge in [0, 0.05) is 11.3 Å². The highest BCUT2D eigenvalue weighted by molar-refractivity contribution is 6.00. The number of phenols is 1. The third kappa shape index (κ3) is 3.35. The van der Waals surface area contributed by atoms with E-state index in [0.29, 0.717) is 17.0 Å². The molecular formula is C15H15N3O2. The van der Waals surface area contributed by atoms with E-state index in [1.54, 1.807) is 55.5 Å². The van der Waals surface area contributed by atoms with Gasteiger partial charge in [-0.25, -0.2) is 5.43 Å². The number of hydrogen-bond donors (Lipinski definition) is 3. The number of amides is 1. The summed E-state index contributed by atoms with van der Waals surface area (Å²) in [5, 5.41) is 13.2. The Balaban J connectivity index is 2.06. The predicted molar refractivity (Wildman–Crippen MR) is 78.6 cm³/mol. The summed E-state index contributed by atoms with van der Waals surface area (Å²) >= 11 is 0. The van der Waals surface area contributed by atoms with Gasteiger partial charge in [0.15, 0.2) is 0 Å². The minimum Gasteiger partial charge on any atom is -0.508 e. The molecule has 0 atom stereocenters. The van der Waals surface area contributed by atoms with Crippen LogP contribution in [-0.2, 0) is 0 Å². The fourth-order valence-electron chi connectivity index (χ4n) is 1.60. The Bertz CT molecular complexity index is 631. The molecule has 2 aromatic carbocycles. The molecular weight excluding hydrogens is 254 g/mol. The third-order valence-electron chi connectivity index (χ3n) is 2.78. The van der Waals surface area contributed by atoms with Crippen LogP contribution in [0.5, 0.6) is 5.75 Å². The van der Waals surface area contributed by atoms with Crippen LogP contribution in [0.4, 0.5) is 5.69 Å². The van der Waals surface area contributed by atoms with Crippen LogP contribution >= 0.6 is 0 Å². The van der Waals surface area contributed by atoms with E-state index in [-0.39, 0.29) is 11.7 Å². The first kappa shape index (κ1) is 13.6. The van der Waals surface area contributed by atoms with Crippen LogP contribution in [-0.4, -0.2) is 16.7 Å². The van der Waals surface area contributed by atoms with Crippen LogP contribution < -0.4 is 11.2 Å². The summed E-state index contributed by atoms with van der Waals surface area (Å²) in [5.41, 5.74) is 10.6. The number of aromatic hydroxyl groups is 1. The topological polar surface area (TPSA) is 87.7 Å². The molecule has 0 bridgehead atoms. The molecule has 5 nitrogen and oxygen atoms in total. The van der Waals surface area contributed by atoms with Crippen LogP contribution in [0.3, 0.4) is 0 Å². The molecule has 0 aliphatic heterocycles. The van der Waals surface area contributed by atoms with Gasteiger partial charge in [-0.2, -0.15) is 5.10 Å². The maximum absolute atomic E-state index is 11.8. The summed E-state index contributed by atoms with van der Waals surface area (Å²) < 4.78 is 0. The van der Waals surface area contributed by atoms with Crippen molar-refractivity contribution < 1.29 is 9.90 Å². The first-order valence-electron chi connectivity index (χ1n) is 6.06. The smallest absolute Gasteiger partial charge is 0.271 e. The highest BCUT2D eigenvalue weighted by Crippen LogP contribution is 2.10. The number of nitrogens with two attached hydrogens (primary N) is 1. The lowest BCUT2D eigenvalue weighted by Crippen LogP contribution is -2.19. The van der Waals surface area contributed by atoms with Gasteiger partial charge in [0.1, 0.15) is 5.75 Å². The van der Waals surface area contributed by atoms with Crippen LogP contribution in [0.1, 0.15) is 22.8 Å². The van der Waals surface area contributed by atoms with Gasteiger partial charge in [0.05, 0.1) is 5.71 Å². The lowest BCUT2D eigenvalue weighted by atomic mass is 10.1. The van der Waals surface area contributed by atoms with Crippen molar-refractivity contribution in [3.05, 3.63) is 59.7 Å². The zero-order valence-electron chi connectivity index (χ0n) is 11.0. The number of nitrogens with zero attached hydrogens (tertiary/aromatic N) is 1. The molecule has 2 aromatic rings. The zero-order chi connectivity index (χ0) is 14.5. The third-order valence-corrected chi connectivity index (χ3v) is 2.78. The molecule has 0 aromatic heterocycles. The number of hydrogen-bond acceptors (Lipinski definition) is 4. The molecule has 0 saturated carbocycles. The maximum Gasteiger partial charge on any atom is 0.271 e. The number of phenolic OH excluding ortho intramolecular Hbond substituents is 1. The van der Waals surface area contributed by atoms with Crippen molar-refractivity contribution in [1.82, 2.24) is 5.43 Å². The lowest BCUT2D eigenvalue weighted by molar-refractivity contribution is 0.0955. The van der Waals surface area contributed by atoms with Gasteiger partial charge in [-0.05, 0) is 61.0 Å². The molecule has 0 spiro atoms. The molecule has 0 heterocycles. The molecule has 20 heavy (non-hydrogen) atoms. The SMILES string of the molecule is C/C(=N\NC(=O)c1ccc(N)cc1)c1ccc(O)cc1. The number of rotatable bonds is 3. The summed E-state index contributed by atoms with van der Waals surface area (Å²) in [6.07, 6.45) is 0. The molecule has 0 aliphatic carbocycles. The lowest BCUT2D eigenvalue weighted by Gasteiger charge is -2.03. The zero-order valence-corrected chi connectivity index (χ0v) is 11.0. The largest absolute Gasteiger partial charge is 0.508 e. The molecule has 1 amide bonds. The van der Waals surface area contributed by atoms with Gasteiger partial charge in [-0.15, -0.1) is 0 Å². The molecule has 5 heteroatoms. The second kappa shape index (κ2) is 5.88. The Morgan fingerprint density at radius 2 is 1.60 bits per heavy atom. The van der Waals surface area contributed by atoms with E-state index < -0.39 is 0 Å². The summed E-state index contributed by atoms with van der Waals surface area (Å²) in [6, 6.07) is 13.2. The highest BCUT2D eigenvalue weighted by atomic mass is 16.3. The van der Waals surface area contributed by atoms with Crippen molar-refractivity contribution in [3.63, 3.8) is 0 Å². The molecule has 0 saturated heterocycles. The monoisotopic (exact) mass is 269 g/mol. The number of nitrogens with one attached hydrogen (secondary N) is 1. The van der Waals surface area contributed by atoms with Gasteiger partial charge in [-0.1, -0.05) is 0 Å². The Morgan fingerprint density at radius 3 is 2.20 bits per heavy atom. The molecule has 2 rings (SSSR count). The molecule has 0 unspecified atom stereocenters. The molecule has 0 radical (unpaired) electrons. The van der Waals surface area contributed by atoms with E-state index in [0.717, 1.165) is 5.56 Å². The second-order valence-corrected chi connectivity index (χ2v) is 4.31. The Labute approximate surface area is 116 Å². The van der Waals surface area contributed by atoms with Gasteiger partial charge < -0.3 is 10.8 Å². The van der Waals surface area contributed by atoms with Crippen molar-refractivity contribution >= 4 is 17.3 Å². The molecule has 0 aliphatic rings. The number of carbonyl (C=O) groups excluding carboxylic acids is 1. The van der Waals surface area contributed by atoms with E-state index in [2.05, 4.69) is 10.5 Å². The fourth-order valence-corrected chi connectivity index (χ4v) is 1.60. The van der Waals surface area contributed by atoms with Crippen LogP contribution in [0, 0.1) is 0 Å². The highest BCUT2D eigenvalue weighted by Gasteiger charge is 2.04. The summed E-state index contributed by atoms with van der Waals surface area (Å²) in [4.78, 5) is 11.8. The van der Waals surface area contributed by atoms with Crippen molar-refractivity contribution in [2.75, 3.05) is 5.73 Å². The predicted octanol–water partition coefficient (Wildman–Crippen LogP) is 2.13. The van der Waals surface area contributed by atoms with Gasteiger partial charge in [0.25, 0.3) is 5.91 Å². The number of carbonyl (C=O) groups is 1.